The molecule has 0 saturated carbocycles. The first kappa shape index (κ1) is 14.4. The maximum Gasteiger partial charge on any atom is 0.123 e. The average Bonchev–Trinajstić information content (AvgIpc) is 2.44. The molecule has 0 radical (unpaired) electrons. The van der Waals surface area contributed by atoms with Gasteiger partial charge in [-0.1, -0.05) is 29.8 Å². The largest absolute Gasteiger partial charge is 0.312 e. The second kappa shape index (κ2) is 6.94. The van der Waals surface area contributed by atoms with Gasteiger partial charge in [0.05, 0.1) is 0 Å². The van der Waals surface area contributed by atoms with Crippen molar-refractivity contribution in [3.05, 3.63) is 64.9 Å². The van der Waals surface area contributed by atoms with Crippen LogP contribution in [-0.4, -0.2) is 12.8 Å². The van der Waals surface area contributed by atoms with Crippen LogP contribution in [0.5, 0.6) is 0 Å². The Balaban J connectivity index is 2.10. The topological polar surface area (TPSA) is 12.0 Å². The fourth-order valence-corrected chi connectivity index (χ4v) is 3.11. The highest BCUT2D eigenvalue weighted by molar-refractivity contribution is 7.99. The third-order valence-electron chi connectivity index (χ3n) is 2.84. The van der Waals surface area contributed by atoms with Gasteiger partial charge >= 0.3 is 0 Å². The third kappa shape index (κ3) is 3.96. The molecular formula is C15H15ClFNS. The first-order valence-electron chi connectivity index (χ1n) is 6.01. The van der Waals surface area contributed by atoms with Gasteiger partial charge in [-0.05, 0) is 42.9 Å². The molecule has 1 N–H and O–H groups in total. The molecule has 19 heavy (non-hydrogen) atoms. The first-order chi connectivity index (χ1) is 9.20. The normalized spacial score (nSPS) is 12.4. The van der Waals surface area contributed by atoms with Crippen LogP contribution in [0.4, 0.5) is 4.39 Å². The fraction of sp³-hybridized carbons (Fsp3) is 0.200. The molecule has 0 amide bonds. The molecule has 2 rings (SSSR count). The molecule has 1 atom stereocenters. The van der Waals surface area contributed by atoms with E-state index in [4.69, 9.17) is 11.6 Å². The zero-order valence-electron chi connectivity index (χ0n) is 10.6. The van der Waals surface area contributed by atoms with E-state index in [2.05, 4.69) is 17.4 Å². The van der Waals surface area contributed by atoms with Gasteiger partial charge in [0, 0.05) is 21.7 Å². The van der Waals surface area contributed by atoms with Crippen LogP contribution in [0.15, 0.2) is 53.4 Å². The number of hydrogen-bond acceptors (Lipinski definition) is 2. The molecule has 0 bridgehead atoms. The van der Waals surface area contributed by atoms with Crippen molar-refractivity contribution in [1.29, 1.82) is 0 Å². The van der Waals surface area contributed by atoms with Gasteiger partial charge in [0.2, 0.25) is 0 Å². The second-order valence-electron chi connectivity index (χ2n) is 4.13. The Morgan fingerprint density at radius 1 is 1.21 bits per heavy atom. The summed E-state index contributed by atoms with van der Waals surface area (Å²) in [4.78, 5) is 1.19. The minimum absolute atomic E-state index is 0.0217. The molecule has 0 heterocycles. The van der Waals surface area contributed by atoms with Crippen LogP contribution >= 0.6 is 23.4 Å². The van der Waals surface area contributed by atoms with Gasteiger partial charge in [0.15, 0.2) is 0 Å². The number of hydrogen-bond donors (Lipinski definition) is 1. The number of thioether (sulfide) groups is 1. The predicted octanol–water partition coefficient (Wildman–Crippen LogP) is 4.53. The van der Waals surface area contributed by atoms with E-state index in [1.807, 2.05) is 25.2 Å². The van der Waals surface area contributed by atoms with E-state index in [1.165, 1.54) is 17.0 Å². The molecule has 0 saturated heterocycles. The van der Waals surface area contributed by atoms with Crippen molar-refractivity contribution in [3.63, 3.8) is 0 Å². The standard InChI is InChI=1S/C15H15ClFNS/c1-18-15(10-19-12-5-3-2-4-6-12)13-9-11(17)7-8-14(13)16/h2-9,15,18H,10H2,1H3. The van der Waals surface area contributed by atoms with Gasteiger partial charge in [-0.15, -0.1) is 11.8 Å². The van der Waals surface area contributed by atoms with Crippen LogP contribution in [0.2, 0.25) is 5.02 Å². The molecule has 0 aliphatic carbocycles. The van der Waals surface area contributed by atoms with E-state index >= 15 is 0 Å². The van der Waals surface area contributed by atoms with Crippen molar-refractivity contribution in [1.82, 2.24) is 5.32 Å². The quantitative estimate of drug-likeness (QED) is 0.813. The smallest absolute Gasteiger partial charge is 0.123 e. The number of halogens is 2. The Bertz CT molecular complexity index is 533. The molecule has 2 aromatic carbocycles. The van der Waals surface area contributed by atoms with Gasteiger partial charge in [-0.3, -0.25) is 0 Å². The first-order valence-corrected chi connectivity index (χ1v) is 7.37. The van der Waals surface area contributed by atoms with Gasteiger partial charge in [-0.2, -0.15) is 0 Å². The monoisotopic (exact) mass is 295 g/mol. The van der Waals surface area contributed by atoms with Crippen molar-refractivity contribution in [3.8, 4) is 0 Å². The molecule has 0 spiro atoms. The summed E-state index contributed by atoms with van der Waals surface area (Å²) in [6.07, 6.45) is 0. The van der Waals surface area contributed by atoms with Gasteiger partial charge in [-0.25, -0.2) is 4.39 Å². The van der Waals surface area contributed by atoms with Crippen LogP contribution in [-0.2, 0) is 0 Å². The van der Waals surface area contributed by atoms with Crippen LogP contribution in [0.1, 0.15) is 11.6 Å². The Morgan fingerprint density at radius 2 is 1.95 bits per heavy atom. The lowest BCUT2D eigenvalue weighted by atomic mass is 10.1. The molecular weight excluding hydrogens is 281 g/mol. The molecule has 4 heteroatoms. The van der Waals surface area contributed by atoms with E-state index in [-0.39, 0.29) is 11.9 Å². The summed E-state index contributed by atoms with van der Waals surface area (Å²) in [7, 11) is 1.86. The summed E-state index contributed by atoms with van der Waals surface area (Å²) in [6.45, 7) is 0. The highest BCUT2D eigenvalue weighted by atomic mass is 35.5. The molecule has 100 valence electrons. The summed E-state index contributed by atoms with van der Waals surface area (Å²) in [6, 6.07) is 14.6. The number of benzene rings is 2. The Morgan fingerprint density at radius 3 is 2.63 bits per heavy atom. The highest BCUT2D eigenvalue weighted by Crippen LogP contribution is 2.29. The number of nitrogens with one attached hydrogen (secondary N) is 1. The SMILES string of the molecule is CNC(CSc1ccccc1)c1cc(F)ccc1Cl. The summed E-state index contributed by atoms with van der Waals surface area (Å²) >= 11 is 7.85. The van der Waals surface area contributed by atoms with Crippen molar-refractivity contribution in [2.24, 2.45) is 0 Å². The molecule has 0 fully saturated rings. The molecule has 2 aromatic rings. The summed E-state index contributed by atoms with van der Waals surface area (Å²) in [5, 5.41) is 3.78. The van der Waals surface area contributed by atoms with E-state index in [9.17, 15) is 4.39 Å². The summed E-state index contributed by atoms with van der Waals surface area (Å²) in [5.74, 6) is 0.535. The molecule has 1 unspecified atom stereocenters. The minimum Gasteiger partial charge on any atom is -0.312 e. The van der Waals surface area contributed by atoms with Gasteiger partial charge in [0.25, 0.3) is 0 Å². The third-order valence-corrected chi connectivity index (χ3v) is 4.29. The molecule has 1 nitrogen and oxygen atoms in total. The average molecular weight is 296 g/mol. The van der Waals surface area contributed by atoms with Crippen LogP contribution in [0.3, 0.4) is 0 Å². The van der Waals surface area contributed by atoms with Gasteiger partial charge < -0.3 is 5.32 Å². The maximum absolute atomic E-state index is 13.3. The highest BCUT2D eigenvalue weighted by Gasteiger charge is 2.14. The van der Waals surface area contributed by atoms with Crippen molar-refractivity contribution in [2.45, 2.75) is 10.9 Å². The molecule has 0 aromatic heterocycles. The number of rotatable bonds is 5. The Kier molecular flexibility index (Phi) is 5.25. The minimum atomic E-state index is -0.260. The lowest BCUT2D eigenvalue weighted by Crippen LogP contribution is -2.19. The second-order valence-corrected chi connectivity index (χ2v) is 5.63. The van der Waals surface area contributed by atoms with Crippen LogP contribution in [0.25, 0.3) is 0 Å². The molecule has 0 aliphatic heterocycles. The van der Waals surface area contributed by atoms with Crippen molar-refractivity contribution < 1.29 is 4.39 Å². The van der Waals surface area contributed by atoms with E-state index in [0.29, 0.717) is 5.02 Å². The predicted molar refractivity (Wildman–Crippen MR) is 80.4 cm³/mol. The Labute approximate surface area is 122 Å². The zero-order chi connectivity index (χ0) is 13.7. The summed E-state index contributed by atoms with van der Waals surface area (Å²) < 4.78 is 13.3. The zero-order valence-corrected chi connectivity index (χ0v) is 12.1. The van der Waals surface area contributed by atoms with Gasteiger partial charge in [0.1, 0.15) is 5.82 Å². The summed E-state index contributed by atoms with van der Waals surface area (Å²) in [5.41, 5.74) is 0.799. The van der Waals surface area contributed by atoms with Crippen molar-refractivity contribution in [2.75, 3.05) is 12.8 Å². The van der Waals surface area contributed by atoms with E-state index in [1.54, 1.807) is 17.8 Å². The maximum atomic E-state index is 13.3. The van der Waals surface area contributed by atoms with Crippen LogP contribution in [0, 0.1) is 5.82 Å². The van der Waals surface area contributed by atoms with Crippen LogP contribution < -0.4 is 5.32 Å². The van der Waals surface area contributed by atoms with Crippen molar-refractivity contribution >= 4 is 23.4 Å². The fourth-order valence-electron chi connectivity index (χ4n) is 1.81. The Hall–Kier alpha value is -1.03. The van der Waals surface area contributed by atoms with E-state index in [0.717, 1.165) is 11.3 Å². The lowest BCUT2D eigenvalue weighted by Gasteiger charge is -2.17. The lowest BCUT2D eigenvalue weighted by molar-refractivity contribution is 0.611. The van der Waals surface area contributed by atoms with E-state index < -0.39 is 0 Å². The molecule has 0 aliphatic rings.